The van der Waals surface area contributed by atoms with Gasteiger partial charge in [0.1, 0.15) is 0 Å². The zero-order valence-electron chi connectivity index (χ0n) is 10.5. The molecule has 1 atom stereocenters. The van der Waals surface area contributed by atoms with Gasteiger partial charge in [-0.15, -0.1) is 0 Å². The predicted molar refractivity (Wildman–Crippen MR) is 67.1 cm³/mol. The van der Waals surface area contributed by atoms with E-state index in [1.165, 1.54) is 25.7 Å². The van der Waals surface area contributed by atoms with Gasteiger partial charge in [-0.2, -0.15) is 0 Å². The van der Waals surface area contributed by atoms with Crippen molar-refractivity contribution in [2.75, 3.05) is 13.6 Å². The third kappa shape index (κ3) is 1.91. The molecule has 0 aromatic heterocycles. The van der Waals surface area contributed by atoms with Crippen LogP contribution >= 0.6 is 0 Å². The Balaban J connectivity index is 1.68. The largest absolute Gasteiger partial charge is 0.327 e. The first-order valence-electron chi connectivity index (χ1n) is 7.09. The number of likely N-dealkylation sites (N-methyl/N-ethyl adjacent to an activating group) is 1. The van der Waals surface area contributed by atoms with Crippen LogP contribution in [-0.4, -0.2) is 19.6 Å². The molecule has 2 nitrogen and oxygen atoms in total. The molecule has 4 bridgehead atoms. The van der Waals surface area contributed by atoms with Crippen molar-refractivity contribution in [2.45, 2.75) is 51.0 Å². The number of rotatable bonds is 4. The maximum Gasteiger partial charge on any atom is 0.0170 e. The maximum atomic E-state index is 6.24. The molecule has 0 aromatic rings. The van der Waals surface area contributed by atoms with Crippen molar-refractivity contribution in [3.63, 3.8) is 0 Å². The van der Waals surface area contributed by atoms with Crippen LogP contribution in [0.15, 0.2) is 0 Å². The molecule has 2 heteroatoms. The van der Waals surface area contributed by atoms with Crippen molar-refractivity contribution in [1.82, 2.24) is 5.32 Å². The molecular weight excluding hydrogens is 196 g/mol. The van der Waals surface area contributed by atoms with Crippen LogP contribution in [0.5, 0.6) is 0 Å². The van der Waals surface area contributed by atoms with E-state index in [0.717, 1.165) is 24.3 Å². The monoisotopic (exact) mass is 222 g/mol. The van der Waals surface area contributed by atoms with Crippen molar-refractivity contribution in [3.05, 3.63) is 0 Å². The van der Waals surface area contributed by atoms with Gasteiger partial charge in [-0.1, -0.05) is 0 Å². The molecule has 4 fully saturated rings. The first-order chi connectivity index (χ1) is 7.69. The van der Waals surface area contributed by atoms with Crippen LogP contribution in [0, 0.1) is 23.2 Å². The summed E-state index contributed by atoms with van der Waals surface area (Å²) in [7, 11) is 2.01. The maximum absolute atomic E-state index is 6.24. The van der Waals surface area contributed by atoms with E-state index in [2.05, 4.69) is 5.32 Å². The highest BCUT2D eigenvalue weighted by Crippen LogP contribution is 2.61. The first kappa shape index (κ1) is 11.0. The Kier molecular flexibility index (Phi) is 2.75. The van der Waals surface area contributed by atoms with E-state index in [4.69, 9.17) is 5.73 Å². The molecule has 4 aliphatic carbocycles. The van der Waals surface area contributed by atoms with E-state index in [1.54, 1.807) is 19.3 Å². The zero-order valence-corrected chi connectivity index (χ0v) is 10.5. The van der Waals surface area contributed by atoms with Gasteiger partial charge >= 0.3 is 0 Å². The van der Waals surface area contributed by atoms with Gasteiger partial charge in [0, 0.05) is 12.6 Å². The van der Waals surface area contributed by atoms with E-state index in [-0.39, 0.29) is 0 Å². The van der Waals surface area contributed by atoms with Crippen molar-refractivity contribution >= 4 is 0 Å². The zero-order chi connectivity index (χ0) is 11.2. The molecule has 0 amide bonds. The summed E-state index contributed by atoms with van der Waals surface area (Å²) in [6.45, 7) is 0.988. The Bertz CT molecular complexity index is 226. The van der Waals surface area contributed by atoms with Crippen molar-refractivity contribution in [2.24, 2.45) is 28.9 Å². The molecule has 4 rings (SSSR count). The summed E-state index contributed by atoms with van der Waals surface area (Å²) in [5.74, 6) is 3.19. The van der Waals surface area contributed by atoms with Crippen molar-refractivity contribution < 1.29 is 0 Å². The highest BCUT2D eigenvalue weighted by atomic mass is 14.9. The van der Waals surface area contributed by atoms with Gasteiger partial charge in [-0.05, 0) is 75.2 Å². The van der Waals surface area contributed by atoms with Gasteiger partial charge in [0.25, 0.3) is 0 Å². The molecule has 0 radical (unpaired) electrons. The topological polar surface area (TPSA) is 38.0 Å². The van der Waals surface area contributed by atoms with E-state index in [0.29, 0.717) is 11.5 Å². The van der Waals surface area contributed by atoms with Gasteiger partial charge in [-0.25, -0.2) is 0 Å². The SMILES string of the molecule is CNCC(N)CC12CC3CC(CC(C3)C1)C2. The summed E-state index contributed by atoms with van der Waals surface area (Å²) >= 11 is 0. The van der Waals surface area contributed by atoms with Crippen LogP contribution in [0.25, 0.3) is 0 Å². The number of hydrogen-bond acceptors (Lipinski definition) is 2. The predicted octanol–water partition coefficient (Wildman–Crippen LogP) is 2.14. The molecule has 0 saturated heterocycles. The smallest absolute Gasteiger partial charge is 0.0170 e. The van der Waals surface area contributed by atoms with Crippen LogP contribution < -0.4 is 11.1 Å². The summed E-state index contributed by atoms with van der Waals surface area (Å²) in [5.41, 5.74) is 6.90. The lowest BCUT2D eigenvalue weighted by molar-refractivity contribution is -0.0601. The molecule has 92 valence electrons. The Morgan fingerprint density at radius 1 is 1.12 bits per heavy atom. The third-order valence-electron chi connectivity index (χ3n) is 5.33. The Hall–Kier alpha value is -0.0800. The van der Waals surface area contributed by atoms with Gasteiger partial charge in [0.05, 0.1) is 0 Å². The second kappa shape index (κ2) is 3.99. The van der Waals surface area contributed by atoms with Crippen LogP contribution in [0.3, 0.4) is 0 Å². The summed E-state index contributed by atoms with van der Waals surface area (Å²) in [4.78, 5) is 0. The standard InChI is InChI=1S/C14H26N2/c1-16-9-13(15)8-14-5-10-2-11(6-14)4-12(3-10)7-14/h10-13,16H,2-9,15H2,1H3. The van der Waals surface area contributed by atoms with Gasteiger partial charge in [0.15, 0.2) is 0 Å². The highest BCUT2D eigenvalue weighted by Gasteiger charge is 2.50. The number of nitrogens with one attached hydrogen (secondary N) is 1. The first-order valence-corrected chi connectivity index (χ1v) is 7.09. The van der Waals surface area contributed by atoms with E-state index < -0.39 is 0 Å². The lowest BCUT2D eigenvalue weighted by Gasteiger charge is -2.57. The fourth-order valence-electron chi connectivity index (χ4n) is 5.43. The quantitative estimate of drug-likeness (QED) is 0.765. The molecule has 3 N–H and O–H groups in total. The third-order valence-corrected chi connectivity index (χ3v) is 5.33. The minimum absolute atomic E-state index is 0.376. The fourth-order valence-corrected chi connectivity index (χ4v) is 5.43. The average Bonchev–Trinajstić information content (AvgIpc) is 2.13. The molecule has 4 saturated carbocycles. The second-order valence-electron chi connectivity index (χ2n) is 6.94. The lowest BCUT2D eigenvalue weighted by atomic mass is 9.48. The average molecular weight is 222 g/mol. The molecule has 16 heavy (non-hydrogen) atoms. The normalized spacial score (nSPS) is 47.2. The number of nitrogens with two attached hydrogens (primary N) is 1. The second-order valence-corrected chi connectivity index (χ2v) is 6.94. The number of hydrogen-bond donors (Lipinski definition) is 2. The molecule has 0 aromatic carbocycles. The fraction of sp³-hybridized carbons (Fsp3) is 1.00. The molecule has 1 unspecified atom stereocenters. The van der Waals surface area contributed by atoms with Crippen LogP contribution in [0.1, 0.15) is 44.9 Å². The minimum atomic E-state index is 0.376. The van der Waals surface area contributed by atoms with Gasteiger partial charge in [0.2, 0.25) is 0 Å². The van der Waals surface area contributed by atoms with Gasteiger partial charge < -0.3 is 11.1 Å². The Morgan fingerprint density at radius 2 is 1.62 bits per heavy atom. The summed E-state index contributed by atoms with van der Waals surface area (Å²) in [5, 5.41) is 3.23. The summed E-state index contributed by atoms with van der Waals surface area (Å²) in [6.07, 6.45) is 10.4. The van der Waals surface area contributed by atoms with E-state index in [9.17, 15) is 0 Å². The Labute approximate surface area is 99.4 Å². The Morgan fingerprint density at radius 3 is 2.06 bits per heavy atom. The van der Waals surface area contributed by atoms with Crippen molar-refractivity contribution in [1.29, 1.82) is 0 Å². The molecule has 0 heterocycles. The molecule has 0 spiro atoms. The molecular formula is C14H26N2. The molecule has 0 aliphatic heterocycles. The highest BCUT2D eigenvalue weighted by molar-refractivity contribution is 5.02. The molecule has 4 aliphatic rings. The summed E-state index contributed by atoms with van der Waals surface area (Å²) < 4.78 is 0. The van der Waals surface area contributed by atoms with Crippen LogP contribution in [0.2, 0.25) is 0 Å². The van der Waals surface area contributed by atoms with E-state index >= 15 is 0 Å². The summed E-state index contributed by atoms with van der Waals surface area (Å²) in [6, 6.07) is 0.376. The van der Waals surface area contributed by atoms with Gasteiger partial charge in [-0.3, -0.25) is 0 Å². The van der Waals surface area contributed by atoms with Crippen LogP contribution in [0.4, 0.5) is 0 Å². The lowest BCUT2D eigenvalue weighted by Crippen LogP contribution is -2.49. The van der Waals surface area contributed by atoms with E-state index in [1.807, 2.05) is 7.05 Å². The van der Waals surface area contributed by atoms with Crippen LogP contribution in [-0.2, 0) is 0 Å². The van der Waals surface area contributed by atoms with Crippen molar-refractivity contribution in [3.8, 4) is 0 Å². The minimum Gasteiger partial charge on any atom is -0.327 e.